The van der Waals surface area contributed by atoms with Crippen molar-refractivity contribution in [2.75, 3.05) is 0 Å². The summed E-state index contributed by atoms with van der Waals surface area (Å²) in [6.45, 7) is 13.9. The summed E-state index contributed by atoms with van der Waals surface area (Å²) >= 11 is 0. The summed E-state index contributed by atoms with van der Waals surface area (Å²) in [6.07, 6.45) is 12.7. The zero-order chi connectivity index (χ0) is 23.4. The van der Waals surface area contributed by atoms with Gasteiger partial charge in [-0.05, 0) is 84.5 Å². The van der Waals surface area contributed by atoms with Gasteiger partial charge in [0.1, 0.15) is 0 Å². The van der Waals surface area contributed by atoms with Crippen LogP contribution < -0.4 is 0 Å². The van der Waals surface area contributed by atoms with Crippen molar-refractivity contribution >= 4 is 0 Å². The normalized spacial score (nSPS) is 46.1. The third-order valence-electron chi connectivity index (χ3n) is 11.1. The van der Waals surface area contributed by atoms with Crippen molar-refractivity contribution in [2.24, 2.45) is 52.3 Å². The summed E-state index contributed by atoms with van der Waals surface area (Å²) in [6, 6.07) is 0. The van der Waals surface area contributed by atoms with Gasteiger partial charge in [-0.2, -0.15) is 0 Å². The maximum atomic E-state index is 11.2. The van der Waals surface area contributed by atoms with Gasteiger partial charge in [-0.15, -0.1) is 0 Å². The second kappa shape index (κ2) is 8.86. The molecule has 11 unspecified atom stereocenters. The lowest BCUT2D eigenvalue weighted by atomic mass is 9.47. The molecule has 0 saturated heterocycles. The van der Waals surface area contributed by atoms with Gasteiger partial charge in [0.05, 0.1) is 18.3 Å². The quantitative estimate of drug-likeness (QED) is 0.489. The van der Waals surface area contributed by atoms with Gasteiger partial charge in [0.15, 0.2) is 0 Å². The fraction of sp³-hybridized carbons (Fsp3) is 0.862. The van der Waals surface area contributed by atoms with Crippen molar-refractivity contribution < 1.29 is 15.3 Å². The van der Waals surface area contributed by atoms with E-state index in [2.05, 4.69) is 53.7 Å². The second-order valence-electron chi connectivity index (χ2n) is 12.7. The highest BCUT2D eigenvalue weighted by Gasteiger charge is 2.60. The molecule has 3 heteroatoms. The Morgan fingerprint density at radius 3 is 2.44 bits per heavy atom. The minimum absolute atomic E-state index is 0.212. The lowest BCUT2D eigenvalue weighted by Gasteiger charge is -2.58. The number of rotatable bonds is 6. The monoisotopic (exact) mass is 444 g/mol. The van der Waals surface area contributed by atoms with Crippen molar-refractivity contribution in [3.63, 3.8) is 0 Å². The van der Waals surface area contributed by atoms with Crippen LogP contribution in [0.25, 0.3) is 0 Å². The van der Waals surface area contributed by atoms with E-state index in [-0.39, 0.29) is 16.9 Å². The number of fused-ring (bicyclic) bond motifs is 5. The number of aliphatic hydroxyl groups excluding tert-OH is 3. The molecule has 0 aromatic carbocycles. The maximum Gasteiger partial charge on any atom is 0.0751 e. The Morgan fingerprint density at radius 2 is 1.78 bits per heavy atom. The van der Waals surface area contributed by atoms with E-state index in [0.717, 1.165) is 24.8 Å². The summed E-state index contributed by atoms with van der Waals surface area (Å²) in [7, 11) is 0. The van der Waals surface area contributed by atoms with Crippen molar-refractivity contribution in [3.05, 3.63) is 23.8 Å². The Hall–Kier alpha value is -0.640. The van der Waals surface area contributed by atoms with Gasteiger partial charge < -0.3 is 15.3 Å². The van der Waals surface area contributed by atoms with Gasteiger partial charge in [0.2, 0.25) is 0 Å². The van der Waals surface area contributed by atoms with E-state index in [1.165, 1.54) is 19.3 Å². The third kappa shape index (κ3) is 3.75. The van der Waals surface area contributed by atoms with Crippen LogP contribution in [-0.4, -0.2) is 33.6 Å². The van der Waals surface area contributed by atoms with Crippen molar-refractivity contribution in [1.29, 1.82) is 0 Å². The Labute approximate surface area is 196 Å². The van der Waals surface area contributed by atoms with Crippen LogP contribution in [0.2, 0.25) is 0 Å². The maximum absolute atomic E-state index is 11.2. The van der Waals surface area contributed by atoms with Crippen molar-refractivity contribution in [1.82, 2.24) is 0 Å². The summed E-state index contributed by atoms with van der Waals surface area (Å²) in [5, 5.41) is 32.5. The molecule has 182 valence electrons. The average molecular weight is 445 g/mol. The van der Waals surface area contributed by atoms with Crippen LogP contribution >= 0.6 is 0 Å². The van der Waals surface area contributed by atoms with Crippen LogP contribution in [0.1, 0.15) is 86.5 Å². The number of hydrogen-bond acceptors (Lipinski definition) is 3. The fourth-order valence-corrected chi connectivity index (χ4v) is 8.80. The molecule has 4 aliphatic carbocycles. The predicted octanol–water partition coefficient (Wildman–Crippen LogP) is 5.74. The molecule has 11 atom stereocenters. The molecule has 0 radical (unpaired) electrons. The van der Waals surface area contributed by atoms with E-state index in [4.69, 9.17) is 0 Å². The van der Waals surface area contributed by atoms with Crippen LogP contribution in [0.3, 0.4) is 0 Å². The summed E-state index contributed by atoms with van der Waals surface area (Å²) in [4.78, 5) is 0. The van der Waals surface area contributed by atoms with E-state index in [1.54, 1.807) is 0 Å². The second-order valence-corrected chi connectivity index (χ2v) is 12.7. The molecule has 0 aromatic heterocycles. The predicted molar refractivity (Wildman–Crippen MR) is 131 cm³/mol. The molecule has 32 heavy (non-hydrogen) atoms. The van der Waals surface area contributed by atoms with E-state index >= 15 is 0 Å². The minimum Gasteiger partial charge on any atom is -0.393 e. The first-order valence-electron chi connectivity index (χ1n) is 13.5. The summed E-state index contributed by atoms with van der Waals surface area (Å²) in [5.41, 5.74) is 1.17. The smallest absolute Gasteiger partial charge is 0.0751 e. The van der Waals surface area contributed by atoms with E-state index < -0.39 is 12.2 Å². The molecule has 3 N–H and O–H groups in total. The number of allylic oxidation sites excluding steroid dienone is 2. The molecule has 2 fully saturated rings. The molecule has 2 saturated carbocycles. The van der Waals surface area contributed by atoms with Gasteiger partial charge in [0.25, 0.3) is 0 Å². The number of hydrogen-bond donors (Lipinski definition) is 3. The van der Waals surface area contributed by atoms with Crippen molar-refractivity contribution in [2.45, 2.75) is 105 Å². The van der Waals surface area contributed by atoms with Gasteiger partial charge in [-0.25, -0.2) is 0 Å². The van der Waals surface area contributed by atoms with Gasteiger partial charge in [-0.3, -0.25) is 0 Å². The highest BCUT2D eigenvalue weighted by molar-refractivity contribution is 5.38. The Bertz CT molecular complexity index is 741. The van der Waals surface area contributed by atoms with E-state index in [9.17, 15) is 15.3 Å². The molecule has 4 aliphatic rings. The largest absolute Gasteiger partial charge is 0.393 e. The first-order valence-corrected chi connectivity index (χ1v) is 13.5. The van der Waals surface area contributed by atoms with Crippen LogP contribution in [0.5, 0.6) is 0 Å². The molecule has 0 amide bonds. The molecule has 0 aliphatic heterocycles. The summed E-state index contributed by atoms with van der Waals surface area (Å²) in [5.74, 6) is 3.70. The topological polar surface area (TPSA) is 60.7 Å². The first-order chi connectivity index (χ1) is 15.0. The highest BCUT2D eigenvalue weighted by Crippen LogP contribution is 2.66. The standard InChI is InChI=1S/C29H48O3/c1-7-19(17(2)3)14-26(31)18(4)23-10-11-24-22-9-8-20-15-21(30)16-27(32)29(20,6)25(22)12-13-28(23,24)5/h8-9,15,17-19,21-27,30-32H,7,10-14,16H2,1-6H3. The van der Waals surface area contributed by atoms with Crippen LogP contribution in [0.4, 0.5) is 0 Å². The molecule has 4 rings (SSSR count). The molecule has 0 spiro atoms. The zero-order valence-electron chi connectivity index (χ0n) is 21.3. The van der Waals surface area contributed by atoms with Crippen molar-refractivity contribution in [3.8, 4) is 0 Å². The molecule has 0 heterocycles. The Kier molecular flexibility index (Phi) is 6.78. The van der Waals surface area contributed by atoms with Crippen LogP contribution in [0, 0.1) is 52.3 Å². The van der Waals surface area contributed by atoms with Crippen LogP contribution in [0.15, 0.2) is 23.8 Å². The van der Waals surface area contributed by atoms with Crippen LogP contribution in [-0.2, 0) is 0 Å². The fourth-order valence-electron chi connectivity index (χ4n) is 8.80. The molecule has 0 aromatic rings. The summed E-state index contributed by atoms with van der Waals surface area (Å²) < 4.78 is 0. The average Bonchev–Trinajstić information content (AvgIpc) is 3.09. The Balaban J connectivity index is 1.55. The number of aliphatic hydroxyl groups is 3. The van der Waals surface area contributed by atoms with Gasteiger partial charge in [0, 0.05) is 11.8 Å². The molecular weight excluding hydrogens is 396 g/mol. The third-order valence-corrected chi connectivity index (χ3v) is 11.1. The lowest BCUT2D eigenvalue weighted by molar-refractivity contribution is -0.0864. The minimum atomic E-state index is -0.529. The molecular formula is C29H48O3. The molecule has 3 nitrogen and oxygen atoms in total. The highest BCUT2D eigenvalue weighted by atomic mass is 16.3. The zero-order valence-corrected chi connectivity index (χ0v) is 21.3. The lowest BCUT2D eigenvalue weighted by Crippen LogP contribution is -2.54. The Morgan fingerprint density at radius 1 is 1.06 bits per heavy atom. The SMILES string of the molecule is CCC(CC(O)C(C)C1CCC2C3C=CC4=CC(O)CC(O)C4(C)C3CCC12C)C(C)C. The van der Waals surface area contributed by atoms with Gasteiger partial charge >= 0.3 is 0 Å². The molecule has 0 bridgehead atoms. The van der Waals surface area contributed by atoms with Gasteiger partial charge in [-0.1, -0.05) is 66.2 Å². The van der Waals surface area contributed by atoms with E-state index in [0.29, 0.717) is 47.8 Å². The first kappa shape index (κ1) is 24.5. The van der Waals surface area contributed by atoms with E-state index in [1.807, 2.05) is 6.08 Å².